The Balaban J connectivity index is 2.49. The quantitative estimate of drug-likeness (QED) is 0.607. The molecule has 0 unspecified atom stereocenters. The molecule has 2 N–H and O–H groups in total. The van der Waals surface area contributed by atoms with Gasteiger partial charge in [-0.25, -0.2) is 13.1 Å². The molecule has 0 aliphatic heterocycles. The Bertz CT molecular complexity index is 569. The Morgan fingerprint density at radius 3 is 2.15 bits per heavy atom. The fraction of sp³-hybridized carbons (Fsp3) is 0.300. The highest BCUT2D eigenvalue weighted by Crippen LogP contribution is 2.25. The predicted molar refractivity (Wildman–Crippen MR) is 79.9 cm³/mol. The van der Waals surface area contributed by atoms with Crippen LogP contribution in [0.4, 0.5) is 0 Å². The summed E-state index contributed by atoms with van der Waals surface area (Å²) in [5, 5.41) is 2.70. The lowest BCUT2D eigenvalue weighted by Gasteiger charge is -2.12. The molecule has 0 heterocycles. The van der Waals surface area contributed by atoms with E-state index in [9.17, 15) is 13.2 Å². The van der Waals surface area contributed by atoms with Crippen molar-refractivity contribution in [3.8, 4) is 0 Å². The van der Waals surface area contributed by atoms with Crippen molar-refractivity contribution in [1.29, 1.82) is 0 Å². The summed E-state index contributed by atoms with van der Waals surface area (Å²) in [5.74, 6) is -0.826. The predicted octanol–water partition coefficient (Wildman–Crippen LogP) is 2.10. The van der Waals surface area contributed by atoms with E-state index in [-0.39, 0.29) is 18.0 Å². The van der Waals surface area contributed by atoms with Crippen molar-refractivity contribution in [3.63, 3.8) is 0 Å². The van der Waals surface area contributed by atoms with Crippen LogP contribution in [-0.2, 0) is 14.8 Å². The molecule has 1 amide bonds. The number of alkyl halides is 3. The first-order valence-electron chi connectivity index (χ1n) is 5.23. The monoisotopic (exact) mass is 378 g/mol. The van der Waals surface area contributed by atoms with Crippen molar-refractivity contribution in [3.05, 3.63) is 29.3 Å². The highest BCUT2D eigenvalue weighted by Gasteiger charge is 2.30. The number of hydrogen-bond donors (Lipinski definition) is 2. The zero-order valence-corrected chi connectivity index (χ0v) is 13.7. The van der Waals surface area contributed by atoms with Crippen molar-refractivity contribution in [2.75, 3.05) is 13.1 Å². The fourth-order valence-electron chi connectivity index (χ4n) is 1.16. The minimum atomic E-state index is -3.67. The smallest absolute Gasteiger partial charge is 0.272 e. The molecule has 1 aromatic rings. The second-order valence-corrected chi connectivity index (χ2v) is 8.09. The molecule has 20 heavy (non-hydrogen) atoms. The van der Waals surface area contributed by atoms with Gasteiger partial charge in [-0.2, -0.15) is 0 Å². The van der Waals surface area contributed by atoms with Gasteiger partial charge in [0.2, 0.25) is 10.0 Å². The molecule has 0 aromatic heterocycles. The molecular weight excluding hydrogens is 370 g/mol. The van der Waals surface area contributed by atoms with E-state index in [1.807, 2.05) is 0 Å². The van der Waals surface area contributed by atoms with Gasteiger partial charge in [-0.3, -0.25) is 4.79 Å². The Labute approximate surface area is 136 Å². The lowest BCUT2D eigenvalue weighted by atomic mass is 10.4. The van der Waals surface area contributed by atoms with Crippen molar-refractivity contribution in [1.82, 2.24) is 10.0 Å². The lowest BCUT2D eigenvalue weighted by molar-refractivity contribution is -0.120. The summed E-state index contributed by atoms with van der Waals surface area (Å²) in [5.41, 5.74) is 0. The first-order chi connectivity index (χ1) is 9.13. The van der Waals surface area contributed by atoms with Gasteiger partial charge in [0.1, 0.15) is 0 Å². The number of hydrogen-bond acceptors (Lipinski definition) is 3. The standard InChI is InChI=1S/C10H10Cl4N2O3S/c11-7-1-3-8(4-2-7)20(18,19)16-6-5-15-9(17)10(12,13)14/h1-4,16H,5-6H2,(H,15,17). The summed E-state index contributed by atoms with van der Waals surface area (Å²) in [6.45, 7) is -0.0585. The molecule has 0 atom stereocenters. The summed E-state index contributed by atoms with van der Waals surface area (Å²) in [6.07, 6.45) is 0. The molecule has 0 aliphatic rings. The molecule has 0 fully saturated rings. The summed E-state index contributed by atoms with van der Waals surface area (Å²) >= 11 is 21.7. The summed E-state index contributed by atoms with van der Waals surface area (Å²) in [7, 11) is -3.67. The fourth-order valence-corrected chi connectivity index (χ4v) is 2.52. The Morgan fingerprint density at radius 2 is 1.65 bits per heavy atom. The second kappa shape index (κ2) is 7.15. The van der Waals surface area contributed by atoms with Crippen molar-refractivity contribution in [2.45, 2.75) is 8.69 Å². The Morgan fingerprint density at radius 1 is 1.10 bits per heavy atom. The number of amides is 1. The maximum atomic E-state index is 11.8. The number of carbonyl (C=O) groups is 1. The number of sulfonamides is 1. The lowest BCUT2D eigenvalue weighted by Crippen LogP contribution is -2.39. The van der Waals surface area contributed by atoms with E-state index < -0.39 is 19.7 Å². The van der Waals surface area contributed by atoms with E-state index in [0.29, 0.717) is 5.02 Å². The number of halogens is 4. The van der Waals surface area contributed by atoms with Gasteiger partial charge >= 0.3 is 0 Å². The minimum absolute atomic E-state index is 0.0143. The average Bonchev–Trinajstić information content (AvgIpc) is 2.33. The molecule has 0 spiro atoms. The van der Waals surface area contributed by atoms with Crippen LogP contribution in [0.15, 0.2) is 29.2 Å². The van der Waals surface area contributed by atoms with Crippen molar-refractivity contribution < 1.29 is 13.2 Å². The van der Waals surface area contributed by atoms with Gasteiger partial charge < -0.3 is 5.32 Å². The minimum Gasteiger partial charge on any atom is -0.351 e. The van der Waals surface area contributed by atoms with Gasteiger partial charge in [0.15, 0.2) is 0 Å². The maximum absolute atomic E-state index is 11.8. The zero-order chi connectivity index (χ0) is 15.4. The van der Waals surface area contributed by atoms with Crippen LogP contribution in [-0.4, -0.2) is 31.2 Å². The third-order valence-corrected chi connectivity index (χ3v) is 4.33. The van der Waals surface area contributed by atoms with Crippen LogP contribution in [0.3, 0.4) is 0 Å². The van der Waals surface area contributed by atoms with Crippen molar-refractivity contribution in [2.24, 2.45) is 0 Å². The molecule has 0 radical (unpaired) electrons. The molecule has 0 saturated carbocycles. The normalized spacial score (nSPS) is 12.2. The van der Waals surface area contributed by atoms with E-state index in [1.165, 1.54) is 24.3 Å². The first-order valence-corrected chi connectivity index (χ1v) is 8.23. The van der Waals surface area contributed by atoms with Crippen LogP contribution in [0.5, 0.6) is 0 Å². The third-order valence-electron chi connectivity index (χ3n) is 2.08. The van der Waals surface area contributed by atoms with Gasteiger partial charge in [-0.15, -0.1) is 0 Å². The number of rotatable bonds is 5. The van der Waals surface area contributed by atoms with E-state index in [2.05, 4.69) is 10.0 Å². The molecule has 112 valence electrons. The molecule has 0 saturated heterocycles. The molecule has 0 aliphatic carbocycles. The van der Waals surface area contributed by atoms with Crippen LogP contribution < -0.4 is 10.0 Å². The maximum Gasteiger partial charge on any atom is 0.272 e. The van der Waals surface area contributed by atoms with Gasteiger partial charge in [-0.1, -0.05) is 46.4 Å². The molecule has 5 nitrogen and oxygen atoms in total. The SMILES string of the molecule is O=C(NCCNS(=O)(=O)c1ccc(Cl)cc1)C(Cl)(Cl)Cl. The highest BCUT2D eigenvalue weighted by molar-refractivity contribution is 7.89. The second-order valence-electron chi connectivity index (χ2n) is 3.61. The third kappa shape index (κ3) is 5.63. The molecule has 1 aromatic carbocycles. The van der Waals surface area contributed by atoms with E-state index in [1.54, 1.807) is 0 Å². The number of nitrogens with one attached hydrogen (secondary N) is 2. The van der Waals surface area contributed by atoms with Crippen LogP contribution in [0.1, 0.15) is 0 Å². The van der Waals surface area contributed by atoms with Crippen LogP contribution >= 0.6 is 46.4 Å². The van der Waals surface area contributed by atoms with Gasteiger partial charge in [0, 0.05) is 18.1 Å². The Kier molecular flexibility index (Phi) is 6.37. The molecule has 0 bridgehead atoms. The Hall–Kier alpha value is -0.240. The van der Waals surface area contributed by atoms with Crippen LogP contribution in [0.25, 0.3) is 0 Å². The molecule has 10 heteroatoms. The van der Waals surface area contributed by atoms with E-state index in [0.717, 1.165) is 0 Å². The first kappa shape index (κ1) is 17.8. The van der Waals surface area contributed by atoms with Gasteiger partial charge in [0.05, 0.1) is 4.90 Å². The summed E-state index contributed by atoms with van der Waals surface area (Å²) in [6, 6.07) is 5.65. The topological polar surface area (TPSA) is 75.3 Å². The van der Waals surface area contributed by atoms with Crippen molar-refractivity contribution >= 4 is 62.3 Å². The summed E-state index contributed by atoms with van der Waals surface area (Å²) < 4.78 is 23.9. The van der Waals surface area contributed by atoms with Crippen LogP contribution in [0.2, 0.25) is 5.02 Å². The zero-order valence-electron chi connectivity index (χ0n) is 9.87. The number of carbonyl (C=O) groups excluding carboxylic acids is 1. The highest BCUT2D eigenvalue weighted by atomic mass is 35.6. The summed E-state index contributed by atoms with van der Waals surface area (Å²) in [4.78, 5) is 11.3. The van der Waals surface area contributed by atoms with E-state index in [4.69, 9.17) is 46.4 Å². The van der Waals surface area contributed by atoms with Gasteiger partial charge in [0.25, 0.3) is 9.70 Å². The molecular formula is C10H10Cl4N2O3S. The number of benzene rings is 1. The van der Waals surface area contributed by atoms with Gasteiger partial charge in [-0.05, 0) is 24.3 Å². The van der Waals surface area contributed by atoms with Crippen LogP contribution in [0, 0.1) is 0 Å². The average molecular weight is 380 g/mol. The van der Waals surface area contributed by atoms with E-state index >= 15 is 0 Å². The molecule has 1 rings (SSSR count). The largest absolute Gasteiger partial charge is 0.351 e.